The standard InChI is InChI=1S/C9H8F3N.ClH/c1-2-8(13)5-3-6(10)9(12)7(11)4-5;/h2-4,8H,1,13H2;1H/t8-;/m1./s1. The van der Waals surface area contributed by atoms with Crippen LogP contribution in [-0.4, -0.2) is 0 Å². The lowest BCUT2D eigenvalue weighted by molar-refractivity contribution is 0.444. The van der Waals surface area contributed by atoms with Crippen LogP contribution in [0.5, 0.6) is 0 Å². The highest BCUT2D eigenvalue weighted by atomic mass is 35.5. The summed E-state index contributed by atoms with van der Waals surface area (Å²) in [6, 6.07) is 1.01. The maximum Gasteiger partial charge on any atom is 0.194 e. The summed E-state index contributed by atoms with van der Waals surface area (Å²) in [5.41, 5.74) is 5.57. The number of benzene rings is 1. The predicted molar refractivity (Wildman–Crippen MR) is 50.7 cm³/mol. The molecule has 0 saturated carbocycles. The first-order valence-corrected chi connectivity index (χ1v) is 3.59. The Hall–Kier alpha value is -1.00. The summed E-state index contributed by atoms with van der Waals surface area (Å²) >= 11 is 0. The highest BCUT2D eigenvalue weighted by molar-refractivity contribution is 5.85. The molecule has 0 aliphatic rings. The summed E-state index contributed by atoms with van der Waals surface area (Å²) in [6.45, 7) is 3.36. The Kier molecular flexibility index (Phi) is 4.67. The Bertz CT molecular complexity index is 318. The van der Waals surface area contributed by atoms with E-state index in [1.54, 1.807) is 0 Å². The second-order valence-electron chi connectivity index (χ2n) is 2.56. The minimum absolute atomic E-state index is 0. The topological polar surface area (TPSA) is 26.0 Å². The maximum atomic E-state index is 12.6. The van der Waals surface area contributed by atoms with Crippen LogP contribution in [-0.2, 0) is 0 Å². The van der Waals surface area contributed by atoms with Gasteiger partial charge in [-0.1, -0.05) is 6.08 Å². The second-order valence-corrected chi connectivity index (χ2v) is 2.56. The van der Waals surface area contributed by atoms with Crippen molar-refractivity contribution in [3.8, 4) is 0 Å². The van der Waals surface area contributed by atoms with Crippen molar-refractivity contribution in [1.82, 2.24) is 0 Å². The maximum absolute atomic E-state index is 12.6. The van der Waals surface area contributed by atoms with Gasteiger partial charge in [0.05, 0.1) is 0 Å². The number of hydrogen-bond acceptors (Lipinski definition) is 1. The summed E-state index contributed by atoms with van der Waals surface area (Å²) in [4.78, 5) is 0. The summed E-state index contributed by atoms with van der Waals surface area (Å²) in [5, 5.41) is 0. The zero-order chi connectivity index (χ0) is 10.0. The van der Waals surface area contributed by atoms with E-state index in [9.17, 15) is 13.2 Å². The van der Waals surface area contributed by atoms with Crippen LogP contribution in [0.15, 0.2) is 24.8 Å². The van der Waals surface area contributed by atoms with E-state index in [2.05, 4.69) is 6.58 Å². The molecule has 0 aromatic heterocycles. The number of halogens is 4. The lowest BCUT2D eigenvalue weighted by Gasteiger charge is -2.06. The molecule has 1 aromatic carbocycles. The van der Waals surface area contributed by atoms with E-state index in [0.29, 0.717) is 0 Å². The Morgan fingerprint density at radius 3 is 2.00 bits per heavy atom. The number of nitrogens with two attached hydrogens (primary N) is 1. The van der Waals surface area contributed by atoms with E-state index in [0.717, 1.165) is 12.1 Å². The van der Waals surface area contributed by atoms with E-state index in [4.69, 9.17) is 5.73 Å². The van der Waals surface area contributed by atoms with Crippen molar-refractivity contribution < 1.29 is 13.2 Å². The Morgan fingerprint density at radius 1 is 1.21 bits per heavy atom. The monoisotopic (exact) mass is 223 g/mol. The molecule has 1 rings (SSSR count). The Morgan fingerprint density at radius 2 is 1.64 bits per heavy atom. The van der Waals surface area contributed by atoms with Crippen LogP contribution < -0.4 is 5.73 Å². The van der Waals surface area contributed by atoms with Crippen LogP contribution in [0.2, 0.25) is 0 Å². The van der Waals surface area contributed by atoms with Crippen LogP contribution in [0, 0.1) is 17.5 Å². The van der Waals surface area contributed by atoms with Gasteiger partial charge in [-0.25, -0.2) is 13.2 Å². The molecule has 0 amide bonds. The first-order valence-electron chi connectivity index (χ1n) is 3.59. The molecular weight excluding hydrogens is 215 g/mol. The van der Waals surface area contributed by atoms with Crippen molar-refractivity contribution in [1.29, 1.82) is 0 Å². The summed E-state index contributed by atoms with van der Waals surface area (Å²) in [5.74, 6) is -3.97. The van der Waals surface area contributed by atoms with E-state index >= 15 is 0 Å². The van der Waals surface area contributed by atoms with Crippen molar-refractivity contribution in [2.24, 2.45) is 5.73 Å². The molecule has 0 bridgehead atoms. The van der Waals surface area contributed by atoms with Gasteiger partial charge in [0, 0.05) is 6.04 Å². The molecule has 0 unspecified atom stereocenters. The van der Waals surface area contributed by atoms with Crippen LogP contribution in [0.3, 0.4) is 0 Å². The van der Waals surface area contributed by atoms with Gasteiger partial charge in [0.1, 0.15) is 0 Å². The molecule has 1 aromatic rings. The average molecular weight is 224 g/mol. The van der Waals surface area contributed by atoms with Crippen molar-refractivity contribution in [3.05, 3.63) is 47.8 Å². The fourth-order valence-electron chi connectivity index (χ4n) is 0.904. The first kappa shape index (κ1) is 13.0. The summed E-state index contributed by atoms with van der Waals surface area (Å²) in [7, 11) is 0. The Labute approximate surface area is 85.8 Å². The molecule has 5 heteroatoms. The quantitative estimate of drug-likeness (QED) is 0.606. The molecule has 0 radical (unpaired) electrons. The average Bonchev–Trinajstić information content (AvgIpc) is 2.12. The molecule has 0 spiro atoms. The molecule has 1 nitrogen and oxygen atoms in total. The van der Waals surface area contributed by atoms with Gasteiger partial charge in [-0.3, -0.25) is 0 Å². The summed E-state index contributed by atoms with van der Waals surface area (Å²) < 4.78 is 37.7. The normalized spacial score (nSPS) is 11.7. The highest BCUT2D eigenvalue weighted by Crippen LogP contribution is 2.18. The minimum Gasteiger partial charge on any atom is -0.321 e. The fraction of sp³-hybridized carbons (Fsp3) is 0.111. The van der Waals surface area contributed by atoms with Crippen LogP contribution in [0.25, 0.3) is 0 Å². The van der Waals surface area contributed by atoms with Crippen molar-refractivity contribution in [3.63, 3.8) is 0 Å². The van der Waals surface area contributed by atoms with Crippen molar-refractivity contribution in [2.45, 2.75) is 6.04 Å². The SMILES string of the molecule is C=C[C@@H](N)c1cc(F)c(F)c(F)c1.Cl. The fourth-order valence-corrected chi connectivity index (χ4v) is 0.904. The van der Waals surface area contributed by atoms with Crippen LogP contribution >= 0.6 is 12.4 Å². The van der Waals surface area contributed by atoms with Gasteiger partial charge in [0.2, 0.25) is 0 Å². The van der Waals surface area contributed by atoms with E-state index in [1.807, 2.05) is 0 Å². The molecule has 78 valence electrons. The highest BCUT2D eigenvalue weighted by Gasteiger charge is 2.12. The molecule has 0 saturated heterocycles. The van der Waals surface area contributed by atoms with Gasteiger partial charge in [0.15, 0.2) is 17.5 Å². The Balaban J connectivity index is 0.00000169. The minimum atomic E-state index is -1.49. The number of rotatable bonds is 2. The van der Waals surface area contributed by atoms with E-state index in [1.165, 1.54) is 6.08 Å². The lowest BCUT2D eigenvalue weighted by Crippen LogP contribution is -2.08. The molecule has 1 atom stereocenters. The van der Waals surface area contributed by atoms with Gasteiger partial charge < -0.3 is 5.73 Å². The summed E-state index contributed by atoms with van der Waals surface area (Å²) in [6.07, 6.45) is 1.31. The third-order valence-corrected chi connectivity index (χ3v) is 1.64. The molecule has 14 heavy (non-hydrogen) atoms. The third-order valence-electron chi connectivity index (χ3n) is 1.64. The van der Waals surface area contributed by atoms with Crippen molar-refractivity contribution in [2.75, 3.05) is 0 Å². The van der Waals surface area contributed by atoms with Gasteiger partial charge in [0.25, 0.3) is 0 Å². The molecule has 2 N–H and O–H groups in total. The number of hydrogen-bond donors (Lipinski definition) is 1. The smallest absolute Gasteiger partial charge is 0.194 e. The molecule has 0 heterocycles. The lowest BCUT2D eigenvalue weighted by atomic mass is 10.1. The molecule has 0 aliphatic heterocycles. The van der Waals surface area contributed by atoms with Crippen molar-refractivity contribution >= 4 is 12.4 Å². The van der Waals surface area contributed by atoms with Crippen LogP contribution in [0.4, 0.5) is 13.2 Å². The zero-order valence-electron chi connectivity index (χ0n) is 7.14. The van der Waals surface area contributed by atoms with Crippen LogP contribution in [0.1, 0.15) is 11.6 Å². The third kappa shape index (κ3) is 2.49. The zero-order valence-corrected chi connectivity index (χ0v) is 7.95. The molecule has 0 aliphatic carbocycles. The molecular formula is C9H9ClF3N. The van der Waals surface area contributed by atoms with Gasteiger partial charge in [-0.15, -0.1) is 19.0 Å². The van der Waals surface area contributed by atoms with Gasteiger partial charge >= 0.3 is 0 Å². The molecule has 0 fully saturated rings. The van der Waals surface area contributed by atoms with Gasteiger partial charge in [-0.2, -0.15) is 0 Å². The largest absolute Gasteiger partial charge is 0.321 e. The predicted octanol–water partition coefficient (Wildman–Crippen LogP) is 2.71. The second kappa shape index (κ2) is 5.02. The van der Waals surface area contributed by atoms with E-state index in [-0.39, 0.29) is 18.0 Å². The van der Waals surface area contributed by atoms with E-state index < -0.39 is 23.5 Å². The first-order chi connectivity index (χ1) is 6.06. The van der Waals surface area contributed by atoms with Gasteiger partial charge in [-0.05, 0) is 17.7 Å².